The number of H-pyrrole nitrogens is 2. The van der Waals surface area contributed by atoms with Crippen LogP contribution in [0.25, 0.3) is 33.1 Å². The fraction of sp³-hybridized carbons (Fsp3) is 0.217. The summed E-state index contributed by atoms with van der Waals surface area (Å²) in [4.78, 5) is 21.3. The van der Waals surface area contributed by atoms with Crippen molar-refractivity contribution in [1.29, 1.82) is 5.26 Å². The zero-order chi connectivity index (χ0) is 19.8. The van der Waals surface area contributed by atoms with Crippen molar-refractivity contribution in [3.8, 4) is 17.3 Å². The molecule has 1 aliphatic heterocycles. The van der Waals surface area contributed by atoms with Crippen molar-refractivity contribution in [2.24, 2.45) is 0 Å². The molecule has 0 amide bonds. The van der Waals surface area contributed by atoms with Gasteiger partial charge >= 0.3 is 0 Å². The lowest BCUT2D eigenvalue weighted by molar-refractivity contribution is 0.0342. The van der Waals surface area contributed by atoms with Crippen molar-refractivity contribution < 1.29 is 4.74 Å². The molecule has 5 rings (SSSR count). The maximum absolute atomic E-state index is 12.6. The van der Waals surface area contributed by atoms with Gasteiger partial charge in [0.15, 0.2) is 0 Å². The van der Waals surface area contributed by atoms with Crippen LogP contribution < -0.4 is 5.56 Å². The second-order valence-electron chi connectivity index (χ2n) is 7.42. The highest BCUT2D eigenvalue weighted by atomic mass is 16.5. The van der Waals surface area contributed by atoms with Gasteiger partial charge in [-0.3, -0.25) is 9.69 Å². The minimum atomic E-state index is -0.151. The molecule has 0 saturated carbocycles. The van der Waals surface area contributed by atoms with Crippen LogP contribution in [0.5, 0.6) is 0 Å². The second kappa shape index (κ2) is 7.21. The van der Waals surface area contributed by atoms with E-state index < -0.39 is 0 Å². The van der Waals surface area contributed by atoms with E-state index in [1.807, 2.05) is 12.1 Å². The first-order valence-electron chi connectivity index (χ1n) is 9.69. The Bertz CT molecular complexity index is 1310. The average Bonchev–Trinajstić information content (AvgIpc) is 3.17. The Balaban J connectivity index is 1.52. The Morgan fingerprint density at radius 1 is 0.966 bits per heavy atom. The van der Waals surface area contributed by atoms with Crippen LogP contribution in [0.4, 0.5) is 0 Å². The van der Waals surface area contributed by atoms with Crippen LogP contribution in [-0.2, 0) is 11.3 Å². The predicted octanol–water partition coefficient (Wildman–Crippen LogP) is 3.38. The summed E-state index contributed by atoms with van der Waals surface area (Å²) in [6.07, 6.45) is 0. The Hall–Kier alpha value is -3.40. The van der Waals surface area contributed by atoms with E-state index in [1.54, 1.807) is 18.2 Å². The third-order valence-corrected chi connectivity index (χ3v) is 5.46. The molecule has 2 aromatic carbocycles. The first kappa shape index (κ1) is 17.7. The molecule has 3 heterocycles. The van der Waals surface area contributed by atoms with Crippen molar-refractivity contribution in [3.05, 3.63) is 70.0 Å². The second-order valence-corrected chi connectivity index (χ2v) is 7.42. The summed E-state index contributed by atoms with van der Waals surface area (Å²) in [5.74, 6) is 0. The number of hydrogen-bond acceptors (Lipinski definition) is 4. The molecule has 2 aromatic heterocycles. The molecule has 0 spiro atoms. The Morgan fingerprint density at radius 3 is 2.55 bits per heavy atom. The Morgan fingerprint density at radius 2 is 1.72 bits per heavy atom. The first-order valence-corrected chi connectivity index (χ1v) is 9.69. The number of aromatic nitrogens is 2. The molecule has 144 valence electrons. The van der Waals surface area contributed by atoms with Crippen LogP contribution >= 0.6 is 0 Å². The molecule has 0 unspecified atom stereocenters. The van der Waals surface area contributed by atoms with Gasteiger partial charge in [0, 0.05) is 41.4 Å². The zero-order valence-electron chi connectivity index (χ0n) is 15.9. The normalized spacial score (nSPS) is 15.0. The SMILES string of the molecule is N#Cc1ccc2[nH]c(=O)c(-c3cc4cc(CN5CCOCC5)ccc4[nH]3)cc2c1. The number of hydrogen-bond donors (Lipinski definition) is 2. The lowest BCUT2D eigenvalue weighted by Gasteiger charge is -2.26. The predicted molar refractivity (Wildman–Crippen MR) is 113 cm³/mol. The number of ether oxygens (including phenoxy) is 1. The first-order chi connectivity index (χ1) is 14.2. The molecule has 0 bridgehead atoms. The van der Waals surface area contributed by atoms with Gasteiger partial charge in [0.1, 0.15) is 0 Å². The topological polar surface area (TPSA) is 84.9 Å². The summed E-state index contributed by atoms with van der Waals surface area (Å²) >= 11 is 0. The monoisotopic (exact) mass is 384 g/mol. The molecule has 29 heavy (non-hydrogen) atoms. The van der Waals surface area contributed by atoms with E-state index in [4.69, 9.17) is 10.00 Å². The van der Waals surface area contributed by atoms with E-state index in [-0.39, 0.29) is 5.56 Å². The molecule has 1 saturated heterocycles. The number of morpholine rings is 1. The van der Waals surface area contributed by atoms with Crippen molar-refractivity contribution >= 4 is 21.8 Å². The molecule has 6 heteroatoms. The van der Waals surface area contributed by atoms with Gasteiger partial charge < -0.3 is 14.7 Å². The third kappa shape index (κ3) is 3.42. The largest absolute Gasteiger partial charge is 0.379 e. The van der Waals surface area contributed by atoms with Crippen LogP contribution in [0.1, 0.15) is 11.1 Å². The van der Waals surface area contributed by atoms with Gasteiger partial charge in [-0.15, -0.1) is 0 Å². The van der Waals surface area contributed by atoms with Gasteiger partial charge in [-0.1, -0.05) is 6.07 Å². The number of benzene rings is 2. The van der Waals surface area contributed by atoms with Crippen LogP contribution in [0, 0.1) is 11.3 Å². The van der Waals surface area contributed by atoms with E-state index >= 15 is 0 Å². The van der Waals surface area contributed by atoms with Crippen molar-refractivity contribution in [1.82, 2.24) is 14.9 Å². The molecule has 2 N–H and O–H groups in total. The zero-order valence-corrected chi connectivity index (χ0v) is 15.9. The van der Waals surface area contributed by atoms with Gasteiger partial charge in [0.05, 0.1) is 36.1 Å². The Labute approximate surface area is 167 Å². The van der Waals surface area contributed by atoms with Gasteiger partial charge in [0.25, 0.3) is 5.56 Å². The minimum Gasteiger partial charge on any atom is -0.379 e. The quantitative estimate of drug-likeness (QED) is 0.567. The highest BCUT2D eigenvalue weighted by molar-refractivity contribution is 5.89. The minimum absolute atomic E-state index is 0.151. The standard InChI is InChI=1S/C23H20N4O2/c24-13-15-1-3-21-17(9-15)11-19(23(28)26-21)22-12-18-10-16(2-4-20(18)25-22)14-27-5-7-29-8-6-27/h1-4,9-12,25H,5-8,14H2,(H,26,28). The maximum Gasteiger partial charge on any atom is 0.257 e. The van der Waals surface area contributed by atoms with Gasteiger partial charge in [-0.25, -0.2) is 0 Å². The van der Waals surface area contributed by atoms with E-state index in [0.717, 1.165) is 60.3 Å². The number of nitriles is 1. The number of aromatic amines is 2. The summed E-state index contributed by atoms with van der Waals surface area (Å²) in [5, 5.41) is 11.1. The summed E-state index contributed by atoms with van der Waals surface area (Å²) in [6, 6.07) is 17.6. The number of nitrogens with zero attached hydrogens (tertiary/aromatic N) is 2. The number of rotatable bonds is 3. The molecule has 6 nitrogen and oxygen atoms in total. The number of nitrogens with one attached hydrogen (secondary N) is 2. The number of pyridine rings is 1. The fourth-order valence-corrected chi connectivity index (χ4v) is 3.92. The summed E-state index contributed by atoms with van der Waals surface area (Å²) in [6.45, 7) is 4.37. The summed E-state index contributed by atoms with van der Waals surface area (Å²) < 4.78 is 5.42. The van der Waals surface area contributed by atoms with Gasteiger partial charge in [-0.2, -0.15) is 5.26 Å². The molecule has 4 aromatic rings. The average molecular weight is 384 g/mol. The lowest BCUT2D eigenvalue weighted by atomic mass is 10.1. The van der Waals surface area contributed by atoms with Crippen LogP contribution in [0.15, 0.2) is 53.3 Å². The van der Waals surface area contributed by atoms with E-state index in [0.29, 0.717) is 11.1 Å². The lowest BCUT2D eigenvalue weighted by Crippen LogP contribution is -2.35. The molecule has 0 radical (unpaired) electrons. The van der Waals surface area contributed by atoms with Gasteiger partial charge in [-0.05, 0) is 48.0 Å². The molecule has 1 aliphatic rings. The molecular weight excluding hydrogens is 364 g/mol. The van der Waals surface area contributed by atoms with Crippen LogP contribution in [0.3, 0.4) is 0 Å². The van der Waals surface area contributed by atoms with Crippen molar-refractivity contribution in [2.45, 2.75) is 6.54 Å². The fourth-order valence-electron chi connectivity index (χ4n) is 3.92. The summed E-state index contributed by atoms with van der Waals surface area (Å²) in [7, 11) is 0. The van der Waals surface area contributed by atoms with Crippen molar-refractivity contribution in [2.75, 3.05) is 26.3 Å². The van der Waals surface area contributed by atoms with Crippen molar-refractivity contribution in [3.63, 3.8) is 0 Å². The smallest absolute Gasteiger partial charge is 0.257 e. The van der Waals surface area contributed by atoms with E-state index in [2.05, 4.69) is 39.1 Å². The highest BCUT2D eigenvalue weighted by Gasteiger charge is 2.13. The molecule has 0 aliphatic carbocycles. The molecule has 0 atom stereocenters. The van der Waals surface area contributed by atoms with E-state index in [1.165, 1.54) is 5.56 Å². The molecule has 1 fully saturated rings. The van der Waals surface area contributed by atoms with Gasteiger partial charge in [0.2, 0.25) is 0 Å². The van der Waals surface area contributed by atoms with Crippen LogP contribution in [-0.4, -0.2) is 41.2 Å². The third-order valence-electron chi connectivity index (χ3n) is 5.46. The maximum atomic E-state index is 12.6. The van der Waals surface area contributed by atoms with E-state index in [9.17, 15) is 4.79 Å². The highest BCUT2D eigenvalue weighted by Crippen LogP contribution is 2.25. The van der Waals surface area contributed by atoms with Crippen LogP contribution in [0.2, 0.25) is 0 Å². The molecular formula is C23H20N4O2. The number of fused-ring (bicyclic) bond motifs is 2. The Kier molecular flexibility index (Phi) is 4.39. The summed E-state index contributed by atoms with van der Waals surface area (Å²) in [5.41, 5.74) is 4.73.